The van der Waals surface area contributed by atoms with E-state index < -0.39 is 36.7 Å². The van der Waals surface area contributed by atoms with E-state index in [1.807, 2.05) is 0 Å². The van der Waals surface area contributed by atoms with Gasteiger partial charge in [-0.05, 0) is 25.0 Å². The van der Waals surface area contributed by atoms with Gasteiger partial charge in [-0.25, -0.2) is 14.4 Å². The fraction of sp³-hybridized carbons (Fsp3) is 0.619. The number of nitrogens with zero attached hydrogens (tertiary/aromatic N) is 1. The summed E-state index contributed by atoms with van der Waals surface area (Å²) in [5, 5.41) is 18.0. The zero-order chi connectivity index (χ0) is 21.5. The Hall–Kier alpha value is -2.32. The molecule has 0 aliphatic carbocycles. The van der Waals surface area contributed by atoms with Crippen molar-refractivity contribution in [2.45, 2.75) is 76.9 Å². The number of carbonyl (C=O) groups excluding carboxylic acids is 3. The van der Waals surface area contributed by atoms with E-state index in [2.05, 4.69) is 16.6 Å². The number of esters is 3. The highest BCUT2D eigenvalue weighted by Gasteiger charge is 2.29. The summed E-state index contributed by atoms with van der Waals surface area (Å²) in [6, 6.07) is 3.05. The molecular formula is C21H31NO7. The highest BCUT2D eigenvalue weighted by Crippen LogP contribution is 2.15. The van der Waals surface area contributed by atoms with Gasteiger partial charge in [-0.2, -0.15) is 0 Å². The van der Waals surface area contributed by atoms with Gasteiger partial charge in [0.15, 0.2) is 12.2 Å². The van der Waals surface area contributed by atoms with Gasteiger partial charge in [0.25, 0.3) is 0 Å². The minimum atomic E-state index is -1.82. The van der Waals surface area contributed by atoms with Gasteiger partial charge in [0, 0.05) is 12.4 Å². The van der Waals surface area contributed by atoms with Gasteiger partial charge < -0.3 is 19.7 Å². The zero-order valence-corrected chi connectivity index (χ0v) is 16.9. The summed E-state index contributed by atoms with van der Waals surface area (Å²) in [7, 11) is 0. The molecule has 1 aromatic rings. The van der Waals surface area contributed by atoms with Gasteiger partial charge in [0.1, 0.15) is 0 Å². The van der Waals surface area contributed by atoms with Gasteiger partial charge in [-0.1, -0.05) is 51.9 Å². The number of aromatic nitrogens is 1. The van der Waals surface area contributed by atoms with Crippen LogP contribution in [0.1, 0.15) is 75.1 Å². The van der Waals surface area contributed by atoms with E-state index in [1.165, 1.54) is 44.1 Å². The molecule has 2 atom stereocenters. The van der Waals surface area contributed by atoms with Crippen LogP contribution in [0.4, 0.5) is 0 Å². The molecule has 2 N–H and O–H groups in total. The van der Waals surface area contributed by atoms with E-state index in [9.17, 15) is 19.5 Å². The second-order valence-corrected chi connectivity index (χ2v) is 6.84. The van der Waals surface area contributed by atoms with Gasteiger partial charge >= 0.3 is 17.9 Å². The molecule has 1 heterocycles. The Bertz CT molecular complexity index is 621. The van der Waals surface area contributed by atoms with Crippen LogP contribution in [0.5, 0.6) is 0 Å². The summed E-state index contributed by atoms with van der Waals surface area (Å²) in [4.78, 5) is 39.8. The molecule has 1 aromatic heterocycles. The number of rotatable bonds is 14. The maximum atomic E-state index is 12.3. The lowest BCUT2D eigenvalue weighted by Gasteiger charge is -2.17. The number of hydrogen-bond donors (Lipinski definition) is 2. The number of carbonyl (C=O) groups is 3. The molecule has 0 aromatic carbocycles. The Morgan fingerprint density at radius 2 is 1.69 bits per heavy atom. The van der Waals surface area contributed by atoms with Gasteiger partial charge in [0.05, 0.1) is 12.2 Å². The Kier molecular flexibility index (Phi) is 12.5. The molecule has 0 spiro atoms. The summed E-state index contributed by atoms with van der Waals surface area (Å²) in [5.41, 5.74) is 0.169. The molecule has 0 saturated carbocycles. The van der Waals surface area contributed by atoms with Crippen LogP contribution in [-0.2, 0) is 19.1 Å². The first-order chi connectivity index (χ1) is 14.0. The van der Waals surface area contributed by atoms with Crippen LogP contribution < -0.4 is 0 Å². The van der Waals surface area contributed by atoms with Crippen molar-refractivity contribution in [1.82, 2.24) is 4.98 Å². The van der Waals surface area contributed by atoms with E-state index >= 15 is 0 Å². The lowest BCUT2D eigenvalue weighted by molar-refractivity contribution is -0.172. The minimum Gasteiger partial charge on any atom is -0.447 e. The lowest BCUT2D eigenvalue weighted by atomic mass is 10.1. The lowest BCUT2D eigenvalue weighted by Crippen LogP contribution is -2.35. The normalized spacial score (nSPS) is 12.8. The standard InChI is InChI=1S/C21H31NO7/c1-2-3-4-5-6-7-8-9-12-18(21(27)29-20(26)17(24)15-23)28-19(25)16-11-10-13-22-14-16/h10-11,13-14,17-18,23-24H,2-9,12,15H2,1H3. The summed E-state index contributed by atoms with van der Waals surface area (Å²) >= 11 is 0. The Balaban J connectivity index is 2.57. The van der Waals surface area contributed by atoms with Crippen LogP contribution in [0, 0.1) is 0 Å². The number of aliphatic hydroxyl groups excluding tert-OH is 2. The number of unbranched alkanes of at least 4 members (excludes halogenated alkanes) is 7. The maximum absolute atomic E-state index is 12.3. The van der Waals surface area contributed by atoms with Crippen molar-refractivity contribution in [3.8, 4) is 0 Å². The predicted octanol–water partition coefficient (Wildman–Crippen LogP) is 2.56. The highest BCUT2D eigenvalue weighted by atomic mass is 16.6. The monoisotopic (exact) mass is 409 g/mol. The van der Waals surface area contributed by atoms with Crippen LogP contribution in [0.25, 0.3) is 0 Å². The van der Waals surface area contributed by atoms with Crippen LogP contribution in [0.2, 0.25) is 0 Å². The summed E-state index contributed by atoms with van der Waals surface area (Å²) in [6.07, 6.45) is 8.28. The first-order valence-corrected chi connectivity index (χ1v) is 10.1. The summed E-state index contributed by atoms with van der Waals surface area (Å²) in [5.74, 6) is -3.10. The summed E-state index contributed by atoms with van der Waals surface area (Å²) < 4.78 is 9.77. The number of hydrogen-bond acceptors (Lipinski definition) is 8. The molecule has 1 rings (SSSR count). The third-order valence-corrected chi connectivity index (χ3v) is 4.38. The van der Waals surface area contributed by atoms with Crippen LogP contribution in [0.15, 0.2) is 24.5 Å². The van der Waals surface area contributed by atoms with E-state index in [-0.39, 0.29) is 12.0 Å². The second-order valence-electron chi connectivity index (χ2n) is 6.84. The Labute approximate surface area is 171 Å². The molecule has 0 saturated heterocycles. The zero-order valence-electron chi connectivity index (χ0n) is 16.9. The van der Waals surface area contributed by atoms with E-state index in [4.69, 9.17) is 9.84 Å². The first-order valence-electron chi connectivity index (χ1n) is 10.1. The van der Waals surface area contributed by atoms with Crippen molar-refractivity contribution in [2.75, 3.05) is 6.61 Å². The van der Waals surface area contributed by atoms with Crippen molar-refractivity contribution in [1.29, 1.82) is 0 Å². The topological polar surface area (TPSA) is 123 Å². The predicted molar refractivity (Wildman–Crippen MR) is 105 cm³/mol. The van der Waals surface area contributed by atoms with Gasteiger partial charge in [0.2, 0.25) is 0 Å². The Morgan fingerprint density at radius 1 is 1.03 bits per heavy atom. The Morgan fingerprint density at radius 3 is 2.28 bits per heavy atom. The van der Waals surface area contributed by atoms with Crippen molar-refractivity contribution in [3.05, 3.63) is 30.1 Å². The first kappa shape index (κ1) is 24.7. The minimum absolute atomic E-state index is 0.169. The average molecular weight is 409 g/mol. The van der Waals surface area contributed by atoms with E-state index in [0.29, 0.717) is 6.42 Å². The molecule has 8 nitrogen and oxygen atoms in total. The number of aliphatic hydroxyl groups is 2. The fourth-order valence-corrected chi connectivity index (χ4v) is 2.68. The van der Waals surface area contributed by atoms with E-state index in [1.54, 1.807) is 6.07 Å². The molecule has 29 heavy (non-hydrogen) atoms. The molecule has 0 radical (unpaired) electrons. The SMILES string of the molecule is CCCCCCCCCCC(OC(=O)c1cccnc1)C(=O)OC(=O)C(O)CO. The third-order valence-electron chi connectivity index (χ3n) is 4.38. The molecule has 8 heteroatoms. The molecule has 0 aliphatic heterocycles. The van der Waals surface area contributed by atoms with E-state index in [0.717, 1.165) is 19.3 Å². The van der Waals surface area contributed by atoms with Gasteiger partial charge in [-0.3, -0.25) is 4.98 Å². The maximum Gasteiger partial charge on any atom is 0.355 e. The van der Waals surface area contributed by atoms with Crippen molar-refractivity contribution in [2.24, 2.45) is 0 Å². The molecule has 0 fully saturated rings. The number of pyridine rings is 1. The summed E-state index contributed by atoms with van der Waals surface area (Å²) in [6.45, 7) is 1.29. The molecule has 0 amide bonds. The fourth-order valence-electron chi connectivity index (χ4n) is 2.68. The van der Waals surface area contributed by atoms with Crippen molar-refractivity contribution in [3.63, 3.8) is 0 Å². The highest BCUT2D eigenvalue weighted by molar-refractivity contribution is 5.94. The average Bonchev–Trinajstić information content (AvgIpc) is 2.74. The third kappa shape index (κ3) is 10.1. The van der Waals surface area contributed by atoms with Crippen molar-refractivity contribution < 1.29 is 34.1 Å². The smallest absolute Gasteiger partial charge is 0.355 e. The number of ether oxygens (including phenoxy) is 2. The quantitative estimate of drug-likeness (QED) is 0.273. The van der Waals surface area contributed by atoms with Crippen LogP contribution in [0.3, 0.4) is 0 Å². The molecule has 0 aliphatic rings. The molecule has 2 unspecified atom stereocenters. The largest absolute Gasteiger partial charge is 0.447 e. The van der Waals surface area contributed by atoms with Crippen LogP contribution in [-0.4, -0.2) is 51.9 Å². The molecular weight excluding hydrogens is 378 g/mol. The second kappa shape index (κ2) is 14.6. The van der Waals surface area contributed by atoms with Crippen LogP contribution >= 0.6 is 0 Å². The van der Waals surface area contributed by atoms with Crippen molar-refractivity contribution >= 4 is 17.9 Å². The molecule has 162 valence electrons. The van der Waals surface area contributed by atoms with Gasteiger partial charge in [-0.15, -0.1) is 0 Å². The molecule has 0 bridgehead atoms.